The summed E-state index contributed by atoms with van der Waals surface area (Å²) in [6.45, 7) is 1.26. The Morgan fingerprint density at radius 3 is 2.95 bits per heavy atom. The summed E-state index contributed by atoms with van der Waals surface area (Å²) in [6.07, 6.45) is 2.73. The second kappa shape index (κ2) is 6.96. The number of carbonyl (C=O) groups excluding carboxylic acids is 1. The average Bonchev–Trinajstić information content (AvgIpc) is 2.86. The molecule has 0 saturated carbocycles. The van der Waals surface area contributed by atoms with Gasteiger partial charge in [0.2, 0.25) is 5.91 Å². The maximum atomic E-state index is 11.8. The molecule has 1 N–H and O–H groups in total. The van der Waals surface area contributed by atoms with Crippen LogP contribution < -0.4 is 10.1 Å². The van der Waals surface area contributed by atoms with E-state index in [1.165, 1.54) is 0 Å². The van der Waals surface area contributed by atoms with E-state index in [0.29, 0.717) is 19.6 Å². The highest BCUT2D eigenvalue weighted by molar-refractivity contribution is 5.88. The molecule has 0 aliphatic heterocycles. The van der Waals surface area contributed by atoms with Crippen molar-refractivity contribution in [2.75, 3.05) is 27.4 Å². The van der Waals surface area contributed by atoms with Gasteiger partial charge in [0.1, 0.15) is 11.3 Å². The second-order valence-corrected chi connectivity index (χ2v) is 4.50. The van der Waals surface area contributed by atoms with Crippen LogP contribution in [0.4, 0.5) is 0 Å². The van der Waals surface area contributed by atoms with Crippen molar-refractivity contribution in [3.8, 4) is 5.75 Å². The quantitative estimate of drug-likeness (QED) is 0.788. The van der Waals surface area contributed by atoms with Crippen molar-refractivity contribution < 1.29 is 18.7 Å². The molecule has 1 aromatic heterocycles. The van der Waals surface area contributed by atoms with Gasteiger partial charge in [0, 0.05) is 31.2 Å². The van der Waals surface area contributed by atoms with Gasteiger partial charge in [0.25, 0.3) is 0 Å². The number of amides is 1. The van der Waals surface area contributed by atoms with Crippen molar-refractivity contribution in [1.82, 2.24) is 5.32 Å². The van der Waals surface area contributed by atoms with Gasteiger partial charge >= 0.3 is 0 Å². The highest BCUT2D eigenvalue weighted by Gasteiger charge is 2.11. The van der Waals surface area contributed by atoms with Crippen LogP contribution in [0.3, 0.4) is 0 Å². The largest absolute Gasteiger partial charge is 0.497 e. The van der Waals surface area contributed by atoms with Crippen LogP contribution >= 0.6 is 0 Å². The number of hydrogen-bond acceptors (Lipinski definition) is 4. The maximum Gasteiger partial charge on any atom is 0.224 e. The summed E-state index contributed by atoms with van der Waals surface area (Å²) >= 11 is 0. The number of carbonyl (C=O) groups is 1. The summed E-state index contributed by atoms with van der Waals surface area (Å²) in [5, 5.41) is 3.77. The molecule has 0 aliphatic rings. The first-order valence-corrected chi connectivity index (χ1v) is 6.54. The topological polar surface area (TPSA) is 60.7 Å². The molecule has 1 amide bonds. The van der Waals surface area contributed by atoms with E-state index in [2.05, 4.69) is 5.32 Å². The predicted molar refractivity (Wildman–Crippen MR) is 76.0 cm³/mol. The van der Waals surface area contributed by atoms with Gasteiger partial charge < -0.3 is 19.2 Å². The van der Waals surface area contributed by atoms with E-state index in [1.807, 2.05) is 18.2 Å². The van der Waals surface area contributed by atoms with Crippen LogP contribution in [0.1, 0.15) is 12.0 Å². The van der Waals surface area contributed by atoms with Crippen LogP contribution in [-0.2, 0) is 16.0 Å². The van der Waals surface area contributed by atoms with Gasteiger partial charge in [-0.25, -0.2) is 0 Å². The number of fused-ring (bicyclic) bond motifs is 1. The van der Waals surface area contributed by atoms with Crippen molar-refractivity contribution in [3.63, 3.8) is 0 Å². The fourth-order valence-corrected chi connectivity index (χ4v) is 2.00. The first-order chi connectivity index (χ1) is 9.74. The Labute approximate surface area is 117 Å². The molecule has 0 bridgehead atoms. The molecule has 1 aromatic carbocycles. The molecule has 0 fully saturated rings. The lowest BCUT2D eigenvalue weighted by Gasteiger charge is -2.04. The third kappa shape index (κ3) is 3.51. The monoisotopic (exact) mass is 277 g/mol. The van der Waals surface area contributed by atoms with Gasteiger partial charge in [0.15, 0.2) is 0 Å². The van der Waals surface area contributed by atoms with E-state index in [-0.39, 0.29) is 5.91 Å². The molecule has 0 radical (unpaired) electrons. The zero-order valence-electron chi connectivity index (χ0n) is 11.8. The minimum Gasteiger partial charge on any atom is -0.497 e. The SMILES string of the molecule is COCCCNC(=O)Cc1coc2ccc(OC)cc12. The normalized spacial score (nSPS) is 10.7. The number of furan rings is 1. The van der Waals surface area contributed by atoms with E-state index in [9.17, 15) is 4.79 Å². The molecule has 0 saturated heterocycles. The average molecular weight is 277 g/mol. The molecule has 5 nitrogen and oxygen atoms in total. The van der Waals surface area contributed by atoms with E-state index in [4.69, 9.17) is 13.9 Å². The lowest BCUT2D eigenvalue weighted by Crippen LogP contribution is -2.26. The summed E-state index contributed by atoms with van der Waals surface area (Å²) in [4.78, 5) is 11.8. The van der Waals surface area contributed by atoms with Gasteiger partial charge in [-0.2, -0.15) is 0 Å². The zero-order chi connectivity index (χ0) is 14.4. The van der Waals surface area contributed by atoms with Crippen LogP contribution in [0.15, 0.2) is 28.9 Å². The third-order valence-corrected chi connectivity index (χ3v) is 3.06. The van der Waals surface area contributed by atoms with Crippen molar-refractivity contribution in [1.29, 1.82) is 0 Å². The summed E-state index contributed by atoms with van der Waals surface area (Å²) in [5.41, 5.74) is 1.62. The molecule has 0 aliphatic carbocycles. The Kier molecular flexibility index (Phi) is 5.01. The molecule has 2 rings (SSSR count). The van der Waals surface area contributed by atoms with Crippen LogP contribution in [-0.4, -0.2) is 33.3 Å². The van der Waals surface area contributed by atoms with E-state index >= 15 is 0 Å². The van der Waals surface area contributed by atoms with E-state index in [0.717, 1.165) is 28.7 Å². The molecule has 0 spiro atoms. The number of rotatable bonds is 7. The minimum absolute atomic E-state index is 0.0216. The summed E-state index contributed by atoms with van der Waals surface area (Å²) < 4.78 is 15.6. The zero-order valence-corrected chi connectivity index (χ0v) is 11.8. The highest BCUT2D eigenvalue weighted by Crippen LogP contribution is 2.26. The Morgan fingerprint density at radius 2 is 2.20 bits per heavy atom. The summed E-state index contributed by atoms with van der Waals surface area (Å²) in [5.74, 6) is 0.729. The van der Waals surface area contributed by atoms with Gasteiger partial charge in [-0.15, -0.1) is 0 Å². The molecule has 2 aromatic rings. The molecule has 0 atom stereocenters. The standard InChI is InChI=1S/C15H19NO4/c1-18-7-3-6-16-15(17)8-11-10-20-14-5-4-12(19-2)9-13(11)14/h4-5,9-10H,3,6-8H2,1-2H3,(H,16,17). The number of nitrogens with one attached hydrogen (secondary N) is 1. The Morgan fingerprint density at radius 1 is 1.35 bits per heavy atom. The molecule has 108 valence electrons. The third-order valence-electron chi connectivity index (χ3n) is 3.06. The predicted octanol–water partition coefficient (Wildman–Crippen LogP) is 2.14. The second-order valence-electron chi connectivity index (χ2n) is 4.50. The molecule has 0 unspecified atom stereocenters. The lowest BCUT2D eigenvalue weighted by molar-refractivity contribution is -0.120. The first kappa shape index (κ1) is 14.4. The summed E-state index contributed by atoms with van der Waals surface area (Å²) in [6, 6.07) is 5.56. The van der Waals surface area contributed by atoms with Crippen LogP contribution in [0.2, 0.25) is 0 Å². The maximum absolute atomic E-state index is 11.8. The number of ether oxygens (including phenoxy) is 2. The molecular weight excluding hydrogens is 258 g/mol. The van der Waals surface area contributed by atoms with Crippen molar-refractivity contribution >= 4 is 16.9 Å². The molecule has 1 heterocycles. The van der Waals surface area contributed by atoms with E-state index < -0.39 is 0 Å². The van der Waals surface area contributed by atoms with Gasteiger partial charge in [0.05, 0.1) is 19.8 Å². The van der Waals surface area contributed by atoms with Crippen LogP contribution in [0.5, 0.6) is 5.75 Å². The van der Waals surface area contributed by atoms with Crippen molar-refractivity contribution in [2.45, 2.75) is 12.8 Å². The van der Waals surface area contributed by atoms with Crippen LogP contribution in [0.25, 0.3) is 11.0 Å². The fraction of sp³-hybridized carbons (Fsp3) is 0.400. The van der Waals surface area contributed by atoms with E-state index in [1.54, 1.807) is 20.5 Å². The first-order valence-electron chi connectivity index (χ1n) is 6.54. The molecule has 20 heavy (non-hydrogen) atoms. The Hall–Kier alpha value is -2.01. The smallest absolute Gasteiger partial charge is 0.224 e. The van der Waals surface area contributed by atoms with Gasteiger partial charge in [-0.05, 0) is 24.6 Å². The van der Waals surface area contributed by atoms with Gasteiger partial charge in [-0.1, -0.05) is 0 Å². The van der Waals surface area contributed by atoms with Gasteiger partial charge in [-0.3, -0.25) is 4.79 Å². The number of methoxy groups -OCH3 is 2. The summed E-state index contributed by atoms with van der Waals surface area (Å²) in [7, 11) is 3.26. The van der Waals surface area contributed by atoms with Crippen molar-refractivity contribution in [2.24, 2.45) is 0 Å². The lowest BCUT2D eigenvalue weighted by atomic mass is 10.1. The highest BCUT2D eigenvalue weighted by atomic mass is 16.5. The minimum atomic E-state index is -0.0216. The Bertz CT molecular complexity index is 576. The van der Waals surface area contributed by atoms with Crippen LogP contribution in [0, 0.1) is 0 Å². The molecule has 5 heteroatoms. The number of benzene rings is 1. The number of hydrogen-bond donors (Lipinski definition) is 1. The van der Waals surface area contributed by atoms with Crippen molar-refractivity contribution in [3.05, 3.63) is 30.0 Å². The molecular formula is C15H19NO4. The Balaban J connectivity index is 2.00. The fourth-order valence-electron chi connectivity index (χ4n) is 2.00.